The molecule has 0 aliphatic heterocycles. The van der Waals surface area contributed by atoms with Gasteiger partial charge in [0, 0.05) is 22.2 Å². The van der Waals surface area contributed by atoms with Gasteiger partial charge in [0.2, 0.25) is 0 Å². The highest BCUT2D eigenvalue weighted by atomic mass is 35.5. The first-order valence-corrected chi connectivity index (χ1v) is 13.9. The summed E-state index contributed by atoms with van der Waals surface area (Å²) in [7, 11) is 0. The Bertz CT molecular complexity index is 1960. The number of carbonyl (C=O) groups excluding carboxylic acids is 1. The first-order valence-electron chi connectivity index (χ1n) is 13.5. The molecule has 0 aliphatic rings. The number of H-pyrrole nitrogens is 1. The molecule has 0 amide bonds. The molecule has 0 atom stereocenters. The second-order valence-electron chi connectivity index (χ2n) is 10.0. The standard InChI is InChI=1S/C36H26ClNO4/c37-32-21-33-28(19-30(32)26-15-13-25(14-16-26)29-11-4-5-12-34(29)39)20-31(36(41)38-33)27-10-6-9-24(17-27)18-35(40)42-22-23-7-2-1-3-8-23/h1-17,19-21,39H,18,22H2,(H,38,41). The van der Waals surface area contributed by atoms with Crippen molar-refractivity contribution in [2.75, 3.05) is 0 Å². The van der Waals surface area contributed by atoms with Crippen LogP contribution >= 0.6 is 11.6 Å². The first-order chi connectivity index (χ1) is 20.4. The fourth-order valence-corrected chi connectivity index (χ4v) is 5.29. The zero-order chi connectivity index (χ0) is 29.1. The molecule has 2 N–H and O–H groups in total. The average molecular weight is 572 g/mol. The van der Waals surface area contributed by atoms with Gasteiger partial charge in [0.15, 0.2) is 0 Å². The number of hydrogen-bond donors (Lipinski definition) is 2. The molecule has 0 spiro atoms. The Morgan fingerprint density at radius 3 is 2.12 bits per heavy atom. The highest BCUT2D eigenvalue weighted by Crippen LogP contribution is 2.35. The van der Waals surface area contributed by atoms with Crippen LogP contribution in [0.4, 0.5) is 0 Å². The number of rotatable bonds is 7. The molecule has 6 aromatic rings. The van der Waals surface area contributed by atoms with Gasteiger partial charge in [0.05, 0.1) is 11.4 Å². The zero-order valence-electron chi connectivity index (χ0n) is 22.5. The molecule has 0 saturated heterocycles. The minimum Gasteiger partial charge on any atom is -0.507 e. The molecule has 1 heterocycles. The van der Waals surface area contributed by atoms with Gasteiger partial charge in [-0.2, -0.15) is 0 Å². The summed E-state index contributed by atoms with van der Waals surface area (Å²) < 4.78 is 5.43. The van der Waals surface area contributed by atoms with Gasteiger partial charge < -0.3 is 14.8 Å². The lowest BCUT2D eigenvalue weighted by Gasteiger charge is -2.11. The van der Waals surface area contributed by atoms with Crippen LogP contribution in [0.2, 0.25) is 5.02 Å². The third-order valence-electron chi connectivity index (χ3n) is 7.17. The van der Waals surface area contributed by atoms with Crippen molar-refractivity contribution in [1.82, 2.24) is 4.98 Å². The van der Waals surface area contributed by atoms with Crippen molar-refractivity contribution in [3.63, 3.8) is 0 Å². The summed E-state index contributed by atoms with van der Waals surface area (Å²) in [5, 5.41) is 11.5. The third-order valence-corrected chi connectivity index (χ3v) is 7.48. The summed E-state index contributed by atoms with van der Waals surface area (Å²) in [6.45, 7) is 0.214. The van der Waals surface area contributed by atoms with Crippen LogP contribution in [-0.4, -0.2) is 16.1 Å². The number of hydrogen-bond acceptors (Lipinski definition) is 4. The Labute approximate surface area is 247 Å². The van der Waals surface area contributed by atoms with Gasteiger partial charge in [0.25, 0.3) is 5.56 Å². The Hall–Kier alpha value is -5.13. The molecule has 0 radical (unpaired) electrons. The van der Waals surface area contributed by atoms with Gasteiger partial charge in [-0.1, -0.05) is 109 Å². The lowest BCUT2D eigenvalue weighted by atomic mass is 9.97. The number of benzene rings is 5. The monoisotopic (exact) mass is 571 g/mol. The van der Waals surface area contributed by atoms with E-state index < -0.39 is 0 Å². The number of phenolic OH excluding ortho intramolecular Hbond substituents is 1. The molecule has 5 aromatic carbocycles. The van der Waals surface area contributed by atoms with Gasteiger partial charge in [-0.25, -0.2) is 0 Å². The van der Waals surface area contributed by atoms with E-state index in [1.807, 2.05) is 103 Å². The van der Waals surface area contributed by atoms with Crippen molar-refractivity contribution in [3.8, 4) is 39.1 Å². The predicted molar refractivity (Wildman–Crippen MR) is 167 cm³/mol. The van der Waals surface area contributed by atoms with E-state index in [4.69, 9.17) is 16.3 Å². The van der Waals surface area contributed by atoms with E-state index in [1.165, 1.54) is 0 Å². The van der Waals surface area contributed by atoms with Crippen LogP contribution in [0.15, 0.2) is 126 Å². The Balaban J connectivity index is 1.27. The van der Waals surface area contributed by atoms with Crippen LogP contribution in [0.5, 0.6) is 5.75 Å². The second-order valence-corrected chi connectivity index (χ2v) is 10.5. The largest absolute Gasteiger partial charge is 0.507 e. The van der Waals surface area contributed by atoms with Crippen molar-refractivity contribution < 1.29 is 14.6 Å². The summed E-state index contributed by atoms with van der Waals surface area (Å²) >= 11 is 6.66. The number of pyridine rings is 1. The van der Waals surface area contributed by atoms with E-state index in [0.29, 0.717) is 21.7 Å². The average Bonchev–Trinajstić information content (AvgIpc) is 3.00. The molecule has 6 heteroatoms. The van der Waals surface area contributed by atoms with Gasteiger partial charge in [0.1, 0.15) is 12.4 Å². The minimum absolute atomic E-state index is 0.0999. The van der Waals surface area contributed by atoms with Crippen molar-refractivity contribution in [1.29, 1.82) is 0 Å². The highest BCUT2D eigenvalue weighted by Gasteiger charge is 2.13. The van der Waals surface area contributed by atoms with Gasteiger partial charge in [-0.15, -0.1) is 0 Å². The predicted octanol–water partition coefficient (Wildman–Crippen LogP) is 8.17. The minimum atomic E-state index is -0.337. The van der Waals surface area contributed by atoms with E-state index in [9.17, 15) is 14.7 Å². The maximum Gasteiger partial charge on any atom is 0.310 e. The SMILES string of the molecule is O=C(Cc1cccc(-c2cc3cc(-c4ccc(-c5ccccc5O)cc4)c(Cl)cc3[nH]c2=O)c1)OCc1ccccc1. The summed E-state index contributed by atoms with van der Waals surface area (Å²) in [5.74, 6) is -0.116. The quantitative estimate of drug-likeness (QED) is 0.189. The first kappa shape index (κ1) is 27.1. The third kappa shape index (κ3) is 5.82. The van der Waals surface area contributed by atoms with Crippen molar-refractivity contribution >= 4 is 28.5 Å². The molecule has 0 fully saturated rings. The highest BCUT2D eigenvalue weighted by molar-refractivity contribution is 6.34. The van der Waals surface area contributed by atoms with Crippen molar-refractivity contribution in [2.24, 2.45) is 0 Å². The number of aromatic amines is 1. The molecule has 0 saturated carbocycles. The lowest BCUT2D eigenvalue weighted by Crippen LogP contribution is -2.10. The van der Waals surface area contributed by atoms with E-state index >= 15 is 0 Å². The van der Waals surface area contributed by atoms with E-state index in [1.54, 1.807) is 18.2 Å². The fourth-order valence-electron chi connectivity index (χ4n) is 5.02. The van der Waals surface area contributed by atoms with Crippen LogP contribution in [-0.2, 0) is 22.6 Å². The smallest absolute Gasteiger partial charge is 0.310 e. The number of phenols is 1. The molecule has 42 heavy (non-hydrogen) atoms. The van der Waals surface area contributed by atoms with Crippen molar-refractivity contribution in [2.45, 2.75) is 13.0 Å². The molecule has 0 unspecified atom stereocenters. The van der Waals surface area contributed by atoms with Crippen LogP contribution < -0.4 is 5.56 Å². The van der Waals surface area contributed by atoms with Gasteiger partial charge >= 0.3 is 5.97 Å². The summed E-state index contributed by atoms with van der Waals surface area (Å²) in [4.78, 5) is 28.5. The van der Waals surface area contributed by atoms with E-state index in [-0.39, 0.29) is 30.3 Å². The van der Waals surface area contributed by atoms with E-state index in [2.05, 4.69) is 4.98 Å². The zero-order valence-corrected chi connectivity index (χ0v) is 23.3. The number of para-hydroxylation sites is 1. The second kappa shape index (κ2) is 11.8. The molecule has 1 aromatic heterocycles. The summed E-state index contributed by atoms with van der Waals surface area (Å²) in [6.07, 6.45) is 0.0999. The topological polar surface area (TPSA) is 79.4 Å². The molecule has 0 bridgehead atoms. The number of halogens is 1. The molecular weight excluding hydrogens is 546 g/mol. The number of aromatic hydroxyl groups is 1. The number of ether oxygens (including phenoxy) is 1. The number of nitrogens with one attached hydrogen (secondary N) is 1. The molecular formula is C36H26ClNO4. The van der Waals surface area contributed by atoms with Crippen LogP contribution in [0.3, 0.4) is 0 Å². The maximum atomic E-state index is 13.1. The van der Waals surface area contributed by atoms with Crippen LogP contribution in [0, 0.1) is 0 Å². The summed E-state index contributed by atoms with van der Waals surface area (Å²) in [5.41, 5.74) is 6.63. The number of carbonyl (C=O) groups is 1. The number of esters is 1. The van der Waals surface area contributed by atoms with Crippen LogP contribution in [0.25, 0.3) is 44.3 Å². The van der Waals surface area contributed by atoms with Crippen molar-refractivity contribution in [3.05, 3.63) is 148 Å². The normalized spacial score (nSPS) is 11.0. The van der Waals surface area contributed by atoms with Gasteiger partial charge in [-0.05, 0) is 57.5 Å². The Kier molecular flexibility index (Phi) is 7.58. The van der Waals surface area contributed by atoms with Gasteiger partial charge in [-0.3, -0.25) is 9.59 Å². The lowest BCUT2D eigenvalue weighted by molar-refractivity contribution is -0.144. The number of fused-ring (bicyclic) bond motifs is 1. The van der Waals surface area contributed by atoms with E-state index in [0.717, 1.165) is 38.8 Å². The van der Waals surface area contributed by atoms with Crippen LogP contribution in [0.1, 0.15) is 11.1 Å². The summed E-state index contributed by atoms with van der Waals surface area (Å²) in [6, 6.07) is 37.5. The Morgan fingerprint density at radius 2 is 1.36 bits per heavy atom. The maximum absolute atomic E-state index is 13.1. The Morgan fingerprint density at radius 1 is 0.690 bits per heavy atom. The molecule has 5 nitrogen and oxygen atoms in total. The number of aromatic nitrogens is 1. The fraction of sp³-hybridized carbons (Fsp3) is 0.0556. The molecule has 6 rings (SSSR count). The molecule has 0 aliphatic carbocycles. The molecule has 206 valence electrons.